The van der Waals surface area contributed by atoms with Crippen molar-refractivity contribution >= 4 is 26.5 Å². The Morgan fingerprint density at radius 1 is 1.06 bits per heavy atom. The highest BCUT2D eigenvalue weighted by Gasteiger charge is 2.31. The molecule has 10 heteroatoms. The topological polar surface area (TPSA) is 62.7 Å². The molecular weight excluding hydrogens is 444 g/mol. The first-order valence-corrected chi connectivity index (χ1v) is 12.0. The summed E-state index contributed by atoms with van der Waals surface area (Å²) in [6.07, 6.45) is 0.693. The van der Waals surface area contributed by atoms with Gasteiger partial charge in [-0.1, -0.05) is 12.1 Å². The van der Waals surface area contributed by atoms with Crippen LogP contribution >= 0.6 is 11.3 Å². The number of hydrogen-bond acceptors (Lipinski definition) is 6. The van der Waals surface area contributed by atoms with E-state index in [-0.39, 0.29) is 13.1 Å². The van der Waals surface area contributed by atoms with Gasteiger partial charge in [0.25, 0.3) is 0 Å². The molecule has 2 heterocycles. The molecular formula is C21H21F2N3O3S2. The number of anilines is 1. The zero-order chi connectivity index (χ0) is 22.0. The number of thiazole rings is 1. The van der Waals surface area contributed by atoms with E-state index in [1.54, 1.807) is 7.11 Å². The Bertz CT molecular complexity index is 1160. The summed E-state index contributed by atoms with van der Waals surface area (Å²) < 4.78 is 59.0. The zero-order valence-electron chi connectivity index (χ0n) is 16.8. The van der Waals surface area contributed by atoms with Crippen LogP contribution in [0.1, 0.15) is 11.3 Å². The maximum Gasteiger partial charge on any atom is 0.246 e. The second kappa shape index (κ2) is 8.89. The van der Waals surface area contributed by atoms with Crippen molar-refractivity contribution in [1.29, 1.82) is 0 Å². The second-order valence-electron chi connectivity index (χ2n) is 7.11. The first-order valence-electron chi connectivity index (χ1n) is 9.64. The van der Waals surface area contributed by atoms with Gasteiger partial charge >= 0.3 is 0 Å². The molecule has 3 aromatic rings. The molecule has 6 nitrogen and oxygen atoms in total. The Morgan fingerprint density at radius 2 is 1.77 bits per heavy atom. The third-order valence-electron chi connectivity index (χ3n) is 5.10. The summed E-state index contributed by atoms with van der Waals surface area (Å²) in [5, 5.41) is 2.82. The average Bonchev–Trinajstić information content (AvgIpc) is 3.22. The Labute approximate surface area is 183 Å². The molecule has 0 radical (unpaired) electrons. The smallest absolute Gasteiger partial charge is 0.246 e. The molecule has 1 aliphatic heterocycles. The summed E-state index contributed by atoms with van der Waals surface area (Å²) in [6.45, 7) is 1.29. The van der Waals surface area contributed by atoms with Gasteiger partial charge in [-0.25, -0.2) is 22.2 Å². The zero-order valence-corrected chi connectivity index (χ0v) is 18.4. The molecule has 1 saturated heterocycles. The van der Waals surface area contributed by atoms with Crippen molar-refractivity contribution in [3.05, 3.63) is 70.7 Å². The number of hydrogen-bond donors (Lipinski definition) is 0. The molecule has 0 saturated carbocycles. The van der Waals surface area contributed by atoms with Crippen LogP contribution in [0, 0.1) is 11.6 Å². The van der Waals surface area contributed by atoms with Crippen LogP contribution in [0.5, 0.6) is 5.75 Å². The minimum atomic E-state index is -4.02. The summed E-state index contributed by atoms with van der Waals surface area (Å²) in [6, 6.07) is 10.3. The van der Waals surface area contributed by atoms with Gasteiger partial charge in [0.2, 0.25) is 10.0 Å². The molecule has 0 bridgehead atoms. The number of methoxy groups -OCH3 is 1. The van der Waals surface area contributed by atoms with Crippen LogP contribution in [0.2, 0.25) is 0 Å². The molecule has 4 rings (SSSR count). The number of sulfonamides is 1. The van der Waals surface area contributed by atoms with E-state index in [2.05, 4.69) is 4.98 Å². The summed E-state index contributed by atoms with van der Waals surface area (Å²) in [5.74, 6) is -1.09. The largest absolute Gasteiger partial charge is 0.497 e. The molecule has 0 aliphatic carbocycles. The maximum absolute atomic E-state index is 14.0. The Morgan fingerprint density at radius 3 is 2.42 bits per heavy atom. The average molecular weight is 466 g/mol. The number of nitrogens with zero attached hydrogens (tertiary/aromatic N) is 3. The molecule has 1 fully saturated rings. The van der Waals surface area contributed by atoms with E-state index >= 15 is 0 Å². The van der Waals surface area contributed by atoms with Gasteiger partial charge in [0.15, 0.2) is 5.13 Å². The standard InChI is InChI=1S/C21H21F2N3O3S2/c1-29-18-5-2-15(3-6-18)12-17-14-30-21(24-17)25-8-10-26(11-9-25)31(27,28)20-7-4-16(22)13-19(20)23/h2-7,13-14H,8-12H2,1H3. The molecule has 164 valence electrons. The van der Waals surface area contributed by atoms with Gasteiger partial charge in [-0.05, 0) is 29.8 Å². The molecule has 31 heavy (non-hydrogen) atoms. The van der Waals surface area contributed by atoms with Crippen LogP contribution in [-0.2, 0) is 16.4 Å². The van der Waals surface area contributed by atoms with Crippen LogP contribution in [0.4, 0.5) is 13.9 Å². The number of rotatable bonds is 6. The van der Waals surface area contributed by atoms with Crippen molar-refractivity contribution in [2.75, 3.05) is 38.2 Å². The van der Waals surface area contributed by atoms with Gasteiger partial charge < -0.3 is 9.64 Å². The minimum absolute atomic E-state index is 0.201. The lowest BCUT2D eigenvalue weighted by molar-refractivity contribution is 0.382. The van der Waals surface area contributed by atoms with Gasteiger partial charge in [0.1, 0.15) is 22.3 Å². The summed E-state index contributed by atoms with van der Waals surface area (Å²) in [5.41, 5.74) is 2.06. The highest BCUT2D eigenvalue weighted by molar-refractivity contribution is 7.89. The summed E-state index contributed by atoms with van der Waals surface area (Å²) in [4.78, 5) is 6.21. The highest BCUT2D eigenvalue weighted by atomic mass is 32.2. The maximum atomic E-state index is 14.0. The van der Waals surface area contributed by atoms with Gasteiger partial charge in [0, 0.05) is 44.0 Å². The first-order chi connectivity index (χ1) is 14.9. The Hall–Kier alpha value is -2.56. The van der Waals surface area contributed by atoms with Crippen molar-refractivity contribution in [3.8, 4) is 5.75 Å². The van der Waals surface area contributed by atoms with Crippen molar-refractivity contribution in [2.45, 2.75) is 11.3 Å². The van der Waals surface area contributed by atoms with E-state index in [0.29, 0.717) is 25.6 Å². The van der Waals surface area contributed by atoms with Crippen molar-refractivity contribution in [1.82, 2.24) is 9.29 Å². The quantitative estimate of drug-likeness (QED) is 0.557. The van der Waals surface area contributed by atoms with Crippen LogP contribution in [0.15, 0.2) is 52.7 Å². The molecule has 0 spiro atoms. The van der Waals surface area contributed by atoms with Crippen LogP contribution in [0.25, 0.3) is 0 Å². The van der Waals surface area contributed by atoms with E-state index in [4.69, 9.17) is 4.74 Å². The Kier molecular flexibility index (Phi) is 6.22. The fourth-order valence-electron chi connectivity index (χ4n) is 3.42. The molecule has 0 N–H and O–H groups in total. The minimum Gasteiger partial charge on any atom is -0.497 e. The lowest BCUT2D eigenvalue weighted by atomic mass is 10.1. The second-order valence-corrected chi connectivity index (χ2v) is 9.86. The van der Waals surface area contributed by atoms with Crippen LogP contribution < -0.4 is 9.64 Å². The predicted molar refractivity (Wildman–Crippen MR) is 115 cm³/mol. The monoisotopic (exact) mass is 465 g/mol. The molecule has 1 aromatic heterocycles. The fourth-order valence-corrected chi connectivity index (χ4v) is 5.77. The molecule has 1 aliphatic rings. The van der Waals surface area contributed by atoms with E-state index < -0.39 is 26.6 Å². The van der Waals surface area contributed by atoms with E-state index in [1.165, 1.54) is 15.6 Å². The normalized spacial score (nSPS) is 15.3. The van der Waals surface area contributed by atoms with Gasteiger partial charge in [-0.3, -0.25) is 0 Å². The van der Waals surface area contributed by atoms with Crippen LogP contribution in [0.3, 0.4) is 0 Å². The molecule has 2 aromatic carbocycles. The third-order valence-corrected chi connectivity index (χ3v) is 7.99. The number of halogens is 2. The van der Waals surface area contributed by atoms with Crippen molar-refractivity contribution < 1.29 is 21.9 Å². The van der Waals surface area contributed by atoms with E-state index in [1.807, 2.05) is 34.5 Å². The Balaban J connectivity index is 1.39. The van der Waals surface area contributed by atoms with Gasteiger partial charge in [-0.2, -0.15) is 4.31 Å². The van der Waals surface area contributed by atoms with Crippen molar-refractivity contribution in [3.63, 3.8) is 0 Å². The highest BCUT2D eigenvalue weighted by Crippen LogP contribution is 2.26. The number of ether oxygens (including phenoxy) is 1. The molecule has 0 atom stereocenters. The van der Waals surface area contributed by atoms with E-state index in [9.17, 15) is 17.2 Å². The lowest BCUT2D eigenvalue weighted by Gasteiger charge is -2.33. The van der Waals surface area contributed by atoms with Gasteiger partial charge in [0.05, 0.1) is 12.8 Å². The van der Waals surface area contributed by atoms with E-state index in [0.717, 1.165) is 34.3 Å². The SMILES string of the molecule is COc1ccc(Cc2csc(N3CCN(S(=O)(=O)c4ccc(F)cc4F)CC3)n2)cc1. The molecule has 0 unspecified atom stereocenters. The summed E-state index contributed by atoms with van der Waals surface area (Å²) >= 11 is 1.51. The number of benzene rings is 2. The van der Waals surface area contributed by atoms with Crippen molar-refractivity contribution in [2.24, 2.45) is 0 Å². The summed E-state index contributed by atoms with van der Waals surface area (Å²) in [7, 11) is -2.39. The van der Waals surface area contributed by atoms with Crippen LogP contribution in [-0.4, -0.2) is 51.0 Å². The third kappa shape index (κ3) is 4.70. The van der Waals surface area contributed by atoms with Gasteiger partial charge in [-0.15, -0.1) is 11.3 Å². The lowest BCUT2D eigenvalue weighted by Crippen LogP contribution is -2.48. The fraction of sp³-hybridized carbons (Fsp3) is 0.286. The molecule has 0 amide bonds. The number of aromatic nitrogens is 1. The first kappa shape index (κ1) is 21.7. The predicted octanol–water partition coefficient (Wildman–Crippen LogP) is 3.53. The number of piperazine rings is 1.